The summed E-state index contributed by atoms with van der Waals surface area (Å²) in [5, 5.41) is 2.65. The Kier molecular flexibility index (Phi) is 6.25. The molecule has 0 atom stereocenters. The van der Waals surface area contributed by atoms with Gasteiger partial charge in [-0.05, 0) is 55.1 Å². The highest BCUT2D eigenvalue weighted by Crippen LogP contribution is 2.25. The number of nitrogens with zero attached hydrogens (tertiary/aromatic N) is 1. The summed E-state index contributed by atoms with van der Waals surface area (Å²) >= 11 is 1.60. The van der Waals surface area contributed by atoms with Crippen molar-refractivity contribution in [2.45, 2.75) is 11.3 Å². The molecule has 0 aliphatic carbocycles. The van der Waals surface area contributed by atoms with Crippen molar-refractivity contribution in [1.29, 1.82) is 0 Å². The van der Waals surface area contributed by atoms with Crippen LogP contribution in [0.3, 0.4) is 0 Å². The Bertz CT molecular complexity index is 974. The number of carbonyl (C=O) groups excluding carboxylic acids is 2. The highest BCUT2D eigenvalue weighted by Gasteiger charge is 2.28. The number of carbonyl (C=O) groups is 2. The third kappa shape index (κ3) is 4.85. The third-order valence-electron chi connectivity index (χ3n) is 4.18. The molecule has 1 saturated heterocycles. The fourth-order valence-electron chi connectivity index (χ4n) is 2.80. The molecule has 2 aromatic carbocycles. The quantitative estimate of drug-likeness (QED) is 0.571. The van der Waals surface area contributed by atoms with Crippen LogP contribution in [-0.2, 0) is 19.6 Å². The van der Waals surface area contributed by atoms with E-state index in [0.717, 1.165) is 4.90 Å². The van der Waals surface area contributed by atoms with E-state index < -0.39 is 28.5 Å². The van der Waals surface area contributed by atoms with Gasteiger partial charge in [0.1, 0.15) is 0 Å². The topological polar surface area (TPSA) is 92.8 Å². The maximum absolute atomic E-state index is 12.2. The average Bonchev–Trinajstić information content (AvgIpc) is 3.06. The standard InChI is InChI=1S/C19H20N2O5S2/c1-27-17-8-6-15(7-9-17)20-18(22)13-26-19(23)14-4-2-5-16(12-14)21-10-3-11-28(21,24)25/h2,4-9,12H,3,10-11,13H2,1H3,(H,20,22). The number of sulfonamides is 1. The lowest BCUT2D eigenvalue weighted by Crippen LogP contribution is -2.25. The number of benzene rings is 2. The summed E-state index contributed by atoms with van der Waals surface area (Å²) in [6, 6.07) is 13.5. The van der Waals surface area contributed by atoms with E-state index in [-0.39, 0.29) is 11.3 Å². The number of thioether (sulfide) groups is 1. The van der Waals surface area contributed by atoms with Gasteiger partial charge in [-0.25, -0.2) is 13.2 Å². The van der Waals surface area contributed by atoms with Crippen LogP contribution in [0.1, 0.15) is 16.8 Å². The van der Waals surface area contributed by atoms with Gasteiger partial charge >= 0.3 is 5.97 Å². The summed E-state index contributed by atoms with van der Waals surface area (Å²) in [5.74, 6) is -1.05. The molecule has 3 rings (SSSR count). The lowest BCUT2D eigenvalue weighted by molar-refractivity contribution is -0.119. The summed E-state index contributed by atoms with van der Waals surface area (Å²) in [4.78, 5) is 25.3. The van der Waals surface area contributed by atoms with E-state index in [1.807, 2.05) is 18.4 Å². The molecule has 1 amide bonds. The average molecular weight is 421 g/mol. The number of rotatable bonds is 6. The smallest absolute Gasteiger partial charge is 0.338 e. The second-order valence-electron chi connectivity index (χ2n) is 6.14. The van der Waals surface area contributed by atoms with Crippen LogP contribution >= 0.6 is 11.8 Å². The van der Waals surface area contributed by atoms with Gasteiger partial charge in [0.05, 0.1) is 17.0 Å². The Labute approximate surface area is 168 Å². The van der Waals surface area contributed by atoms with E-state index in [4.69, 9.17) is 4.74 Å². The molecule has 28 heavy (non-hydrogen) atoms. The van der Waals surface area contributed by atoms with Crippen LogP contribution in [0.25, 0.3) is 0 Å². The minimum absolute atomic E-state index is 0.0970. The molecule has 1 aliphatic rings. The second kappa shape index (κ2) is 8.66. The van der Waals surface area contributed by atoms with E-state index in [9.17, 15) is 18.0 Å². The van der Waals surface area contributed by atoms with Crippen LogP contribution < -0.4 is 9.62 Å². The van der Waals surface area contributed by atoms with Crippen molar-refractivity contribution < 1.29 is 22.7 Å². The first-order valence-electron chi connectivity index (χ1n) is 8.60. The van der Waals surface area contributed by atoms with Gasteiger partial charge in [0.2, 0.25) is 10.0 Å². The predicted molar refractivity (Wildman–Crippen MR) is 109 cm³/mol. The molecule has 1 aliphatic heterocycles. The predicted octanol–water partition coefficient (Wildman–Crippen LogP) is 2.74. The summed E-state index contributed by atoms with van der Waals surface area (Å²) in [7, 11) is -3.33. The van der Waals surface area contributed by atoms with Crippen molar-refractivity contribution >= 4 is 45.0 Å². The fourth-order valence-corrected chi connectivity index (χ4v) is 4.77. The number of hydrogen-bond acceptors (Lipinski definition) is 6. The Morgan fingerprint density at radius 2 is 1.93 bits per heavy atom. The number of anilines is 2. The normalized spacial score (nSPS) is 15.2. The van der Waals surface area contributed by atoms with Crippen LogP contribution in [0, 0.1) is 0 Å². The van der Waals surface area contributed by atoms with Crippen molar-refractivity contribution in [1.82, 2.24) is 0 Å². The van der Waals surface area contributed by atoms with Crippen LogP contribution in [0.15, 0.2) is 53.4 Å². The molecule has 2 aromatic rings. The molecular formula is C19H20N2O5S2. The number of esters is 1. The number of nitrogens with one attached hydrogen (secondary N) is 1. The van der Waals surface area contributed by atoms with Crippen molar-refractivity contribution in [3.63, 3.8) is 0 Å². The summed E-state index contributed by atoms with van der Waals surface area (Å²) in [6.45, 7) is -0.0477. The van der Waals surface area contributed by atoms with Gasteiger partial charge in [-0.3, -0.25) is 9.10 Å². The molecule has 0 aromatic heterocycles. The lowest BCUT2D eigenvalue weighted by atomic mass is 10.2. The van der Waals surface area contributed by atoms with E-state index in [1.165, 1.54) is 16.4 Å². The molecule has 1 N–H and O–H groups in total. The molecule has 0 bridgehead atoms. The van der Waals surface area contributed by atoms with Gasteiger partial charge in [-0.1, -0.05) is 6.07 Å². The first-order chi connectivity index (χ1) is 13.4. The SMILES string of the molecule is CSc1ccc(NC(=O)COC(=O)c2cccc(N3CCCS3(=O)=O)c2)cc1. The molecule has 0 unspecified atom stereocenters. The minimum Gasteiger partial charge on any atom is -0.452 e. The van der Waals surface area contributed by atoms with Gasteiger partial charge in [0.15, 0.2) is 6.61 Å². The second-order valence-corrected chi connectivity index (χ2v) is 9.04. The first-order valence-corrected chi connectivity index (χ1v) is 11.4. The maximum atomic E-state index is 12.2. The van der Waals surface area contributed by atoms with Gasteiger partial charge in [-0.15, -0.1) is 11.8 Å². The van der Waals surface area contributed by atoms with E-state index in [1.54, 1.807) is 36.0 Å². The largest absolute Gasteiger partial charge is 0.452 e. The van der Waals surface area contributed by atoms with Gasteiger partial charge < -0.3 is 10.1 Å². The van der Waals surface area contributed by atoms with Crippen molar-refractivity contribution in [3.8, 4) is 0 Å². The molecule has 148 valence electrons. The third-order valence-corrected chi connectivity index (χ3v) is 6.79. The fraction of sp³-hybridized carbons (Fsp3) is 0.263. The van der Waals surface area contributed by atoms with Crippen LogP contribution in [0.4, 0.5) is 11.4 Å². The van der Waals surface area contributed by atoms with Crippen LogP contribution in [0.2, 0.25) is 0 Å². The zero-order valence-electron chi connectivity index (χ0n) is 15.3. The summed E-state index contributed by atoms with van der Waals surface area (Å²) in [6.07, 6.45) is 2.51. The van der Waals surface area contributed by atoms with Gasteiger partial charge in [0, 0.05) is 17.1 Å². The number of ether oxygens (including phenoxy) is 1. The zero-order valence-corrected chi connectivity index (χ0v) is 16.9. The highest BCUT2D eigenvalue weighted by atomic mass is 32.2. The van der Waals surface area contributed by atoms with Crippen LogP contribution in [-0.4, -0.2) is 45.5 Å². The van der Waals surface area contributed by atoms with E-state index >= 15 is 0 Å². The lowest BCUT2D eigenvalue weighted by Gasteiger charge is -2.17. The Morgan fingerprint density at radius 3 is 2.57 bits per heavy atom. The minimum atomic E-state index is -3.33. The molecule has 9 heteroatoms. The molecule has 7 nitrogen and oxygen atoms in total. The highest BCUT2D eigenvalue weighted by molar-refractivity contribution is 7.98. The first kappa shape index (κ1) is 20.2. The Morgan fingerprint density at radius 1 is 1.18 bits per heavy atom. The zero-order chi connectivity index (χ0) is 20.1. The molecule has 0 radical (unpaired) electrons. The van der Waals surface area contributed by atoms with Crippen molar-refractivity contribution in [3.05, 3.63) is 54.1 Å². The number of amides is 1. The van der Waals surface area contributed by atoms with Gasteiger partial charge in [-0.2, -0.15) is 0 Å². The van der Waals surface area contributed by atoms with Crippen LogP contribution in [0.5, 0.6) is 0 Å². The molecule has 1 heterocycles. The molecule has 1 fully saturated rings. The summed E-state index contributed by atoms with van der Waals surface area (Å²) < 4.78 is 30.4. The van der Waals surface area contributed by atoms with Gasteiger partial charge in [0.25, 0.3) is 5.91 Å². The maximum Gasteiger partial charge on any atom is 0.338 e. The van der Waals surface area contributed by atoms with Crippen molar-refractivity contribution in [2.24, 2.45) is 0 Å². The van der Waals surface area contributed by atoms with Crippen molar-refractivity contribution in [2.75, 3.05) is 34.8 Å². The number of hydrogen-bond donors (Lipinski definition) is 1. The summed E-state index contributed by atoms with van der Waals surface area (Å²) in [5.41, 5.74) is 1.22. The monoisotopic (exact) mass is 420 g/mol. The Hall–Kier alpha value is -2.52. The molecule has 0 spiro atoms. The van der Waals surface area contributed by atoms with E-state index in [0.29, 0.717) is 24.3 Å². The molecule has 0 saturated carbocycles. The van der Waals surface area contributed by atoms with E-state index in [2.05, 4.69) is 5.32 Å². The molecular weight excluding hydrogens is 400 g/mol. The Balaban J connectivity index is 1.58.